The van der Waals surface area contributed by atoms with Crippen LogP contribution >= 0.6 is 73.9 Å². The fraction of sp³-hybridized carbons (Fsp3) is 0. The van der Waals surface area contributed by atoms with E-state index in [4.69, 9.17) is 58.0 Å². The summed E-state index contributed by atoms with van der Waals surface area (Å²) in [5, 5.41) is 10.9. The van der Waals surface area contributed by atoms with Gasteiger partial charge in [-0.15, -0.1) is 0 Å². The fourth-order valence-electron chi connectivity index (χ4n) is 1.82. The summed E-state index contributed by atoms with van der Waals surface area (Å²) in [6, 6.07) is 4.72. The highest BCUT2D eigenvalue weighted by molar-refractivity contribution is 9.10. The Morgan fingerprint density at radius 2 is 1.46 bits per heavy atom. The average molecular weight is 492 g/mol. The SMILES string of the molecule is O=C(O)c1c(Cl)c(Cl)c(Cl)c(Cl)c1C(=O)Nc1ccc(Br)cc1Cl. The Balaban J connectivity index is 2.59. The van der Waals surface area contributed by atoms with Gasteiger partial charge in [-0.05, 0) is 18.2 Å². The number of anilines is 1. The van der Waals surface area contributed by atoms with Crippen LogP contribution in [0, 0.1) is 0 Å². The van der Waals surface area contributed by atoms with Crippen molar-refractivity contribution in [3.8, 4) is 0 Å². The van der Waals surface area contributed by atoms with E-state index < -0.39 is 23.0 Å². The highest BCUT2D eigenvalue weighted by Crippen LogP contribution is 2.42. The Labute approximate surface area is 169 Å². The summed E-state index contributed by atoms with van der Waals surface area (Å²) >= 11 is 32.9. The van der Waals surface area contributed by atoms with Gasteiger partial charge in [-0.2, -0.15) is 0 Å². The third kappa shape index (κ3) is 3.77. The zero-order valence-corrected chi connectivity index (χ0v) is 16.6. The summed E-state index contributed by atoms with van der Waals surface area (Å²) in [7, 11) is 0. The molecule has 2 aromatic carbocycles. The van der Waals surface area contributed by atoms with Gasteiger partial charge < -0.3 is 10.4 Å². The summed E-state index contributed by atoms with van der Waals surface area (Å²) in [5.41, 5.74) is -0.719. The lowest BCUT2D eigenvalue weighted by Crippen LogP contribution is -2.18. The molecule has 24 heavy (non-hydrogen) atoms. The molecule has 0 heterocycles. The fourth-order valence-corrected chi connectivity index (χ4v) is 3.56. The van der Waals surface area contributed by atoms with E-state index in [1.54, 1.807) is 12.1 Å². The van der Waals surface area contributed by atoms with Crippen LogP contribution in [0.3, 0.4) is 0 Å². The minimum atomic E-state index is -1.48. The minimum Gasteiger partial charge on any atom is -0.478 e. The average Bonchev–Trinajstić information content (AvgIpc) is 2.50. The van der Waals surface area contributed by atoms with Gasteiger partial charge in [-0.1, -0.05) is 73.9 Å². The molecule has 0 atom stereocenters. The van der Waals surface area contributed by atoms with Crippen LogP contribution in [0.4, 0.5) is 5.69 Å². The molecular weight excluding hydrogens is 487 g/mol. The van der Waals surface area contributed by atoms with E-state index in [1.807, 2.05) is 0 Å². The molecule has 10 heteroatoms. The van der Waals surface area contributed by atoms with Gasteiger partial charge in [-0.3, -0.25) is 4.79 Å². The molecule has 0 aliphatic carbocycles. The third-order valence-corrected chi connectivity index (χ3v) is 5.50. The normalized spacial score (nSPS) is 10.6. The van der Waals surface area contributed by atoms with Gasteiger partial charge in [0.2, 0.25) is 0 Å². The maximum absolute atomic E-state index is 12.5. The largest absolute Gasteiger partial charge is 0.478 e. The highest BCUT2D eigenvalue weighted by atomic mass is 79.9. The predicted molar refractivity (Wildman–Crippen MR) is 101 cm³/mol. The molecule has 0 spiro atoms. The van der Waals surface area contributed by atoms with E-state index >= 15 is 0 Å². The molecular formula is C14H5BrCl5NO3. The van der Waals surface area contributed by atoms with Gasteiger partial charge in [0.25, 0.3) is 5.91 Å². The second-order valence-corrected chi connectivity index (χ2v) is 7.22. The van der Waals surface area contributed by atoms with Crippen LogP contribution in [0.1, 0.15) is 20.7 Å². The molecule has 0 fully saturated rings. The molecule has 0 bridgehead atoms. The van der Waals surface area contributed by atoms with Crippen molar-refractivity contribution < 1.29 is 14.7 Å². The van der Waals surface area contributed by atoms with E-state index in [0.29, 0.717) is 4.47 Å². The van der Waals surface area contributed by atoms with Crippen LogP contribution in [-0.4, -0.2) is 17.0 Å². The molecule has 4 nitrogen and oxygen atoms in total. The summed E-state index contributed by atoms with van der Waals surface area (Å²) in [4.78, 5) is 24.0. The molecule has 0 aliphatic rings. The molecule has 0 radical (unpaired) electrons. The zero-order chi connectivity index (χ0) is 18.2. The van der Waals surface area contributed by atoms with Crippen LogP contribution in [0.25, 0.3) is 0 Å². The van der Waals surface area contributed by atoms with Gasteiger partial charge in [0.1, 0.15) is 0 Å². The van der Waals surface area contributed by atoms with E-state index in [9.17, 15) is 14.7 Å². The topological polar surface area (TPSA) is 66.4 Å². The molecule has 0 aromatic heterocycles. The van der Waals surface area contributed by atoms with Gasteiger partial charge in [0, 0.05) is 4.47 Å². The van der Waals surface area contributed by atoms with Crippen molar-refractivity contribution in [1.82, 2.24) is 0 Å². The number of carbonyl (C=O) groups is 2. The van der Waals surface area contributed by atoms with Crippen molar-refractivity contribution in [2.45, 2.75) is 0 Å². The first-order valence-electron chi connectivity index (χ1n) is 6.00. The third-order valence-electron chi connectivity index (χ3n) is 2.89. The van der Waals surface area contributed by atoms with Crippen molar-refractivity contribution in [2.24, 2.45) is 0 Å². The first-order valence-corrected chi connectivity index (χ1v) is 8.69. The Morgan fingerprint density at radius 3 is 1.96 bits per heavy atom. The molecule has 126 valence electrons. The second-order valence-electron chi connectivity index (χ2n) is 4.39. The second kappa shape index (κ2) is 7.68. The number of rotatable bonds is 3. The maximum Gasteiger partial charge on any atom is 0.338 e. The number of carbonyl (C=O) groups excluding carboxylic acids is 1. The van der Waals surface area contributed by atoms with Crippen molar-refractivity contribution in [3.05, 3.63) is 58.9 Å². The lowest BCUT2D eigenvalue weighted by Gasteiger charge is -2.14. The molecule has 2 N–H and O–H groups in total. The van der Waals surface area contributed by atoms with Crippen molar-refractivity contribution in [1.29, 1.82) is 0 Å². The highest BCUT2D eigenvalue weighted by Gasteiger charge is 2.29. The molecule has 0 saturated carbocycles. The summed E-state index contributed by atoms with van der Waals surface area (Å²) in [6.07, 6.45) is 0. The number of halogens is 6. The standard InChI is InChI=1S/C14H5BrCl5NO3/c15-4-1-2-6(5(16)3-4)21-13(22)7-8(14(23)24)10(18)12(20)11(19)9(7)17/h1-3H,(H,21,22)(H,23,24). The van der Waals surface area contributed by atoms with E-state index in [-0.39, 0.29) is 30.8 Å². The Morgan fingerprint density at radius 1 is 0.917 bits per heavy atom. The molecule has 0 unspecified atom stereocenters. The Kier molecular flexibility index (Phi) is 6.29. The summed E-state index contributed by atoms with van der Waals surface area (Å²) in [6.45, 7) is 0. The molecule has 0 aliphatic heterocycles. The van der Waals surface area contributed by atoms with Crippen LogP contribution in [0.15, 0.2) is 22.7 Å². The quantitative estimate of drug-likeness (QED) is 0.372. The van der Waals surface area contributed by atoms with E-state index in [0.717, 1.165) is 0 Å². The summed E-state index contributed by atoms with van der Waals surface area (Å²) < 4.78 is 0.701. The van der Waals surface area contributed by atoms with Crippen LogP contribution in [0.5, 0.6) is 0 Å². The van der Waals surface area contributed by atoms with E-state index in [1.165, 1.54) is 6.07 Å². The van der Waals surface area contributed by atoms with E-state index in [2.05, 4.69) is 21.2 Å². The van der Waals surface area contributed by atoms with Gasteiger partial charge in [-0.25, -0.2) is 4.79 Å². The number of hydrogen-bond acceptors (Lipinski definition) is 2. The number of carboxylic acids is 1. The Hall–Kier alpha value is -0.690. The minimum absolute atomic E-state index is 0.222. The Bertz CT molecular complexity index is 872. The maximum atomic E-state index is 12.5. The molecule has 2 aromatic rings. The summed E-state index contributed by atoms with van der Waals surface area (Å²) in [5.74, 6) is -2.32. The van der Waals surface area contributed by atoms with Crippen LogP contribution in [-0.2, 0) is 0 Å². The first-order chi connectivity index (χ1) is 11.1. The smallest absolute Gasteiger partial charge is 0.338 e. The lowest BCUT2D eigenvalue weighted by atomic mass is 10.1. The lowest BCUT2D eigenvalue weighted by molar-refractivity contribution is 0.0692. The molecule has 1 amide bonds. The molecule has 2 rings (SSSR count). The molecule has 0 saturated heterocycles. The number of amides is 1. The van der Waals surface area contributed by atoms with Crippen molar-refractivity contribution in [2.75, 3.05) is 5.32 Å². The number of hydrogen-bond donors (Lipinski definition) is 2. The predicted octanol–water partition coefficient (Wildman–Crippen LogP) is 6.67. The monoisotopic (exact) mass is 489 g/mol. The number of benzene rings is 2. The number of nitrogens with one attached hydrogen (secondary N) is 1. The van der Waals surface area contributed by atoms with Crippen LogP contribution < -0.4 is 5.32 Å². The first kappa shape index (κ1) is 19.6. The van der Waals surface area contributed by atoms with Gasteiger partial charge in [0.05, 0.1) is 41.9 Å². The number of carboxylic acid groups (broad SMARTS) is 1. The zero-order valence-electron chi connectivity index (χ0n) is 11.3. The van der Waals surface area contributed by atoms with Crippen molar-refractivity contribution in [3.63, 3.8) is 0 Å². The van der Waals surface area contributed by atoms with Crippen LogP contribution in [0.2, 0.25) is 25.1 Å². The van der Waals surface area contributed by atoms with Gasteiger partial charge in [0.15, 0.2) is 0 Å². The number of aromatic carboxylic acids is 1. The van der Waals surface area contributed by atoms with Gasteiger partial charge >= 0.3 is 5.97 Å². The van der Waals surface area contributed by atoms with Crippen molar-refractivity contribution >= 4 is 91.5 Å².